The van der Waals surface area contributed by atoms with E-state index >= 15 is 0 Å². The molecule has 2 nitrogen and oxygen atoms in total. The Hall–Kier alpha value is -0.830. The molecule has 2 heterocycles. The van der Waals surface area contributed by atoms with Gasteiger partial charge in [-0.15, -0.1) is 0 Å². The Morgan fingerprint density at radius 2 is 2.30 bits per heavy atom. The summed E-state index contributed by atoms with van der Waals surface area (Å²) in [6.07, 6.45) is 5.58. The van der Waals surface area contributed by atoms with E-state index in [1.807, 2.05) is 28.9 Å². The van der Waals surface area contributed by atoms with Gasteiger partial charge in [0.05, 0.1) is 17.9 Å². The summed E-state index contributed by atoms with van der Waals surface area (Å²) in [5, 5.41) is 0. The van der Waals surface area contributed by atoms with Crippen molar-refractivity contribution >= 4 is 21.4 Å². The average molecular weight is 197 g/mol. The lowest BCUT2D eigenvalue weighted by Crippen LogP contribution is -1.84. The second kappa shape index (κ2) is 2.09. The first-order chi connectivity index (χ1) is 4.88. The molecule has 50 valence electrons. The predicted molar refractivity (Wildman–Crippen MR) is 42.9 cm³/mol. The molecule has 2 rings (SSSR count). The van der Waals surface area contributed by atoms with E-state index in [0.29, 0.717) is 0 Å². The standard InChI is InChI=1S/C7H5BrN2/c8-7-5-9-4-6-2-1-3-10(6)7/h1-5H. The molecular formula is C7H5BrN2. The van der Waals surface area contributed by atoms with Crippen LogP contribution in [0.25, 0.3) is 5.52 Å². The molecule has 10 heavy (non-hydrogen) atoms. The Bertz CT molecular complexity index is 353. The third kappa shape index (κ3) is 0.743. The van der Waals surface area contributed by atoms with Crippen molar-refractivity contribution in [1.82, 2.24) is 9.38 Å². The van der Waals surface area contributed by atoms with Crippen molar-refractivity contribution in [2.24, 2.45) is 0 Å². The zero-order valence-corrected chi connectivity index (χ0v) is 6.75. The van der Waals surface area contributed by atoms with Gasteiger partial charge in [0, 0.05) is 6.20 Å². The molecule has 0 radical (unpaired) electrons. The minimum atomic E-state index is 0.981. The minimum absolute atomic E-state index is 0.981. The lowest BCUT2D eigenvalue weighted by atomic mass is 10.5. The molecule has 0 bridgehead atoms. The molecule has 0 saturated heterocycles. The van der Waals surface area contributed by atoms with Crippen molar-refractivity contribution in [3.63, 3.8) is 0 Å². The summed E-state index contributed by atoms with van der Waals surface area (Å²) in [6.45, 7) is 0. The monoisotopic (exact) mass is 196 g/mol. The molecule has 3 heteroatoms. The minimum Gasteiger partial charge on any atom is -0.308 e. The van der Waals surface area contributed by atoms with Crippen molar-refractivity contribution in [3.05, 3.63) is 35.3 Å². The Morgan fingerprint density at radius 3 is 3.10 bits per heavy atom. The van der Waals surface area contributed by atoms with Crippen LogP contribution in [-0.4, -0.2) is 9.38 Å². The van der Waals surface area contributed by atoms with Gasteiger partial charge >= 0.3 is 0 Å². The zero-order chi connectivity index (χ0) is 6.97. The summed E-state index contributed by atoms with van der Waals surface area (Å²) in [4.78, 5) is 4.02. The number of hydrogen-bond donors (Lipinski definition) is 0. The van der Waals surface area contributed by atoms with Crippen LogP contribution < -0.4 is 0 Å². The van der Waals surface area contributed by atoms with Crippen LogP contribution in [0.15, 0.2) is 35.3 Å². The number of nitrogens with zero attached hydrogens (tertiary/aromatic N) is 2. The van der Waals surface area contributed by atoms with E-state index in [1.54, 1.807) is 6.20 Å². The third-order valence-corrected chi connectivity index (χ3v) is 1.99. The second-order valence-corrected chi connectivity index (χ2v) is 2.85. The molecule has 0 aromatic carbocycles. The van der Waals surface area contributed by atoms with Gasteiger partial charge in [-0.3, -0.25) is 4.98 Å². The van der Waals surface area contributed by atoms with Gasteiger partial charge in [0.2, 0.25) is 0 Å². The van der Waals surface area contributed by atoms with E-state index in [0.717, 1.165) is 10.1 Å². The smallest absolute Gasteiger partial charge is 0.108 e. The van der Waals surface area contributed by atoms with Gasteiger partial charge in [0.25, 0.3) is 0 Å². The van der Waals surface area contributed by atoms with Crippen molar-refractivity contribution in [2.45, 2.75) is 0 Å². The highest BCUT2D eigenvalue weighted by molar-refractivity contribution is 9.10. The van der Waals surface area contributed by atoms with Crippen LogP contribution in [0, 0.1) is 0 Å². The van der Waals surface area contributed by atoms with Gasteiger partial charge in [-0.1, -0.05) is 0 Å². The highest BCUT2D eigenvalue weighted by atomic mass is 79.9. The maximum absolute atomic E-state index is 4.02. The summed E-state index contributed by atoms with van der Waals surface area (Å²) < 4.78 is 3.00. The van der Waals surface area contributed by atoms with Crippen molar-refractivity contribution < 1.29 is 0 Å². The number of halogens is 1. The van der Waals surface area contributed by atoms with Gasteiger partial charge in [-0.2, -0.15) is 0 Å². The Labute approximate surface area is 66.6 Å². The first kappa shape index (κ1) is 5.92. The molecule has 2 aromatic rings. The first-order valence-electron chi connectivity index (χ1n) is 2.94. The SMILES string of the molecule is Brc1cncc2cccn12. The van der Waals surface area contributed by atoms with E-state index in [4.69, 9.17) is 0 Å². The molecule has 0 N–H and O–H groups in total. The van der Waals surface area contributed by atoms with Crippen molar-refractivity contribution in [1.29, 1.82) is 0 Å². The maximum atomic E-state index is 4.02. The van der Waals surface area contributed by atoms with Crippen LogP contribution in [0.4, 0.5) is 0 Å². The van der Waals surface area contributed by atoms with E-state index < -0.39 is 0 Å². The van der Waals surface area contributed by atoms with Crippen molar-refractivity contribution in [2.75, 3.05) is 0 Å². The Balaban J connectivity index is 2.95. The van der Waals surface area contributed by atoms with Gasteiger partial charge in [-0.25, -0.2) is 0 Å². The second-order valence-electron chi connectivity index (χ2n) is 2.03. The molecular weight excluding hydrogens is 192 g/mol. The summed E-state index contributed by atoms with van der Waals surface area (Å²) in [7, 11) is 0. The fourth-order valence-electron chi connectivity index (χ4n) is 0.931. The normalized spacial score (nSPS) is 10.5. The van der Waals surface area contributed by atoms with E-state index in [-0.39, 0.29) is 0 Å². The number of aromatic nitrogens is 2. The number of rotatable bonds is 0. The summed E-state index contributed by atoms with van der Waals surface area (Å²) >= 11 is 3.38. The molecule has 0 amide bonds. The van der Waals surface area contributed by atoms with Crippen LogP contribution in [0.5, 0.6) is 0 Å². The van der Waals surface area contributed by atoms with Crippen LogP contribution in [-0.2, 0) is 0 Å². The third-order valence-electron chi connectivity index (χ3n) is 1.40. The molecule has 0 aliphatic rings. The van der Waals surface area contributed by atoms with Crippen molar-refractivity contribution in [3.8, 4) is 0 Å². The number of hydrogen-bond acceptors (Lipinski definition) is 1. The largest absolute Gasteiger partial charge is 0.308 e. The van der Waals surface area contributed by atoms with Crippen LogP contribution >= 0.6 is 15.9 Å². The lowest BCUT2D eigenvalue weighted by Gasteiger charge is -1.94. The molecule has 0 atom stereocenters. The van der Waals surface area contributed by atoms with Gasteiger partial charge in [-0.05, 0) is 28.1 Å². The molecule has 0 fully saturated rings. The van der Waals surface area contributed by atoms with Crippen LogP contribution in [0.1, 0.15) is 0 Å². The topological polar surface area (TPSA) is 17.3 Å². The highest BCUT2D eigenvalue weighted by Gasteiger charge is 1.93. The number of fused-ring (bicyclic) bond motifs is 1. The van der Waals surface area contributed by atoms with Gasteiger partial charge in [0.15, 0.2) is 0 Å². The van der Waals surface area contributed by atoms with Gasteiger partial charge < -0.3 is 4.40 Å². The quantitative estimate of drug-likeness (QED) is 0.632. The Morgan fingerprint density at radius 1 is 1.40 bits per heavy atom. The summed E-state index contributed by atoms with van der Waals surface area (Å²) in [5.74, 6) is 0. The van der Waals surface area contributed by atoms with E-state index in [9.17, 15) is 0 Å². The average Bonchev–Trinajstić information content (AvgIpc) is 2.36. The van der Waals surface area contributed by atoms with E-state index in [2.05, 4.69) is 20.9 Å². The first-order valence-corrected chi connectivity index (χ1v) is 3.74. The maximum Gasteiger partial charge on any atom is 0.108 e. The molecule has 0 aliphatic carbocycles. The Kier molecular flexibility index (Phi) is 1.24. The summed E-state index contributed by atoms with van der Waals surface area (Å²) in [5.41, 5.74) is 1.11. The molecule has 0 aliphatic heterocycles. The molecule has 0 spiro atoms. The lowest BCUT2D eigenvalue weighted by molar-refractivity contribution is 1.10. The van der Waals surface area contributed by atoms with Gasteiger partial charge in [0.1, 0.15) is 4.60 Å². The molecule has 0 unspecified atom stereocenters. The molecule has 2 aromatic heterocycles. The summed E-state index contributed by atoms with van der Waals surface area (Å²) in [6, 6.07) is 4.00. The molecule has 0 saturated carbocycles. The highest BCUT2D eigenvalue weighted by Crippen LogP contribution is 2.11. The van der Waals surface area contributed by atoms with Crippen LogP contribution in [0.3, 0.4) is 0 Å². The van der Waals surface area contributed by atoms with E-state index in [1.165, 1.54) is 0 Å². The fourth-order valence-corrected chi connectivity index (χ4v) is 1.37. The fraction of sp³-hybridized carbons (Fsp3) is 0. The zero-order valence-electron chi connectivity index (χ0n) is 5.16. The predicted octanol–water partition coefficient (Wildman–Crippen LogP) is 2.10. The van der Waals surface area contributed by atoms with Crippen LogP contribution in [0.2, 0.25) is 0 Å².